The lowest BCUT2D eigenvalue weighted by Gasteiger charge is -2.40. The summed E-state index contributed by atoms with van der Waals surface area (Å²) in [6, 6.07) is 0. The third kappa shape index (κ3) is 1.50. The molecule has 2 unspecified atom stereocenters. The summed E-state index contributed by atoms with van der Waals surface area (Å²) in [5, 5.41) is 18.9. The second-order valence-electron chi connectivity index (χ2n) is 4.41. The molecule has 2 heteroatoms. The monoisotopic (exact) mass is 170 g/mol. The Morgan fingerprint density at radius 3 is 1.58 bits per heavy atom. The van der Waals surface area contributed by atoms with Crippen molar-refractivity contribution >= 4 is 0 Å². The highest BCUT2D eigenvalue weighted by atomic mass is 16.3. The Hall–Kier alpha value is -0.0800. The van der Waals surface area contributed by atoms with Gasteiger partial charge in [0.1, 0.15) is 0 Å². The van der Waals surface area contributed by atoms with Crippen molar-refractivity contribution in [1.82, 2.24) is 0 Å². The third-order valence-electron chi connectivity index (χ3n) is 3.60. The van der Waals surface area contributed by atoms with Crippen LogP contribution in [0.2, 0.25) is 0 Å². The predicted octanol–water partition coefficient (Wildman–Crippen LogP) is 1.31. The Balaban J connectivity index is 1.98. The van der Waals surface area contributed by atoms with E-state index in [0.717, 1.165) is 12.8 Å². The van der Waals surface area contributed by atoms with Gasteiger partial charge < -0.3 is 10.2 Å². The Bertz CT molecular complexity index is 140. The van der Waals surface area contributed by atoms with Crippen LogP contribution in [0.5, 0.6) is 0 Å². The van der Waals surface area contributed by atoms with E-state index in [1.54, 1.807) is 0 Å². The van der Waals surface area contributed by atoms with Crippen LogP contribution in [0.15, 0.2) is 0 Å². The Labute approximate surface area is 73.6 Å². The van der Waals surface area contributed by atoms with E-state index in [1.165, 1.54) is 25.7 Å². The van der Waals surface area contributed by atoms with Crippen molar-refractivity contribution in [3.63, 3.8) is 0 Å². The van der Waals surface area contributed by atoms with Crippen LogP contribution in [0, 0.1) is 11.8 Å². The first-order chi connectivity index (χ1) is 5.77. The zero-order valence-electron chi connectivity index (χ0n) is 7.45. The average molecular weight is 170 g/mol. The predicted molar refractivity (Wildman–Crippen MR) is 46.7 cm³/mol. The normalized spacial score (nSPS) is 48.5. The second-order valence-corrected chi connectivity index (χ2v) is 4.41. The highest BCUT2D eigenvalue weighted by Crippen LogP contribution is 2.40. The van der Waals surface area contributed by atoms with Gasteiger partial charge in [0.05, 0.1) is 12.2 Å². The van der Waals surface area contributed by atoms with E-state index >= 15 is 0 Å². The molecule has 0 aromatic rings. The van der Waals surface area contributed by atoms with Gasteiger partial charge in [-0.15, -0.1) is 0 Å². The molecule has 0 aromatic heterocycles. The van der Waals surface area contributed by atoms with Crippen molar-refractivity contribution in [2.24, 2.45) is 11.8 Å². The van der Waals surface area contributed by atoms with Crippen molar-refractivity contribution in [2.75, 3.05) is 0 Å². The number of fused-ring (bicyclic) bond motifs is 1. The summed E-state index contributed by atoms with van der Waals surface area (Å²) in [5.74, 6) is 1.41. The average Bonchev–Trinajstić information content (AvgIpc) is 2.07. The molecule has 2 aliphatic rings. The topological polar surface area (TPSA) is 40.5 Å². The quantitative estimate of drug-likeness (QED) is 0.575. The fraction of sp³-hybridized carbons (Fsp3) is 1.00. The Kier molecular flexibility index (Phi) is 2.37. The van der Waals surface area contributed by atoms with Crippen LogP contribution >= 0.6 is 0 Å². The molecule has 4 atom stereocenters. The van der Waals surface area contributed by atoms with Gasteiger partial charge >= 0.3 is 0 Å². The molecule has 2 aliphatic carbocycles. The lowest BCUT2D eigenvalue weighted by atomic mass is 9.69. The number of hydrogen-bond acceptors (Lipinski definition) is 2. The summed E-state index contributed by atoms with van der Waals surface area (Å²) in [6.07, 6.45) is 5.99. The lowest BCUT2D eigenvalue weighted by Crippen LogP contribution is -2.40. The molecule has 0 aromatic carbocycles. The molecule has 0 aliphatic heterocycles. The van der Waals surface area contributed by atoms with E-state index in [0.29, 0.717) is 11.8 Å². The molecule has 0 spiro atoms. The minimum atomic E-state index is -0.440. The minimum absolute atomic E-state index is 0.440. The van der Waals surface area contributed by atoms with Crippen LogP contribution in [0.1, 0.15) is 38.5 Å². The van der Waals surface area contributed by atoms with Gasteiger partial charge in [0.2, 0.25) is 0 Å². The van der Waals surface area contributed by atoms with Gasteiger partial charge in [0, 0.05) is 0 Å². The number of aliphatic hydroxyl groups is 2. The third-order valence-corrected chi connectivity index (χ3v) is 3.60. The summed E-state index contributed by atoms with van der Waals surface area (Å²) < 4.78 is 0. The molecule has 2 nitrogen and oxygen atoms in total. The zero-order valence-corrected chi connectivity index (χ0v) is 7.45. The summed E-state index contributed by atoms with van der Waals surface area (Å²) in [7, 11) is 0. The van der Waals surface area contributed by atoms with Gasteiger partial charge in [-0.2, -0.15) is 0 Å². The molecular weight excluding hydrogens is 152 g/mol. The second kappa shape index (κ2) is 3.35. The minimum Gasteiger partial charge on any atom is -0.390 e. The molecule has 0 radical (unpaired) electrons. The molecule has 12 heavy (non-hydrogen) atoms. The van der Waals surface area contributed by atoms with Crippen molar-refractivity contribution in [2.45, 2.75) is 50.7 Å². The van der Waals surface area contributed by atoms with E-state index < -0.39 is 12.2 Å². The molecule has 2 saturated carbocycles. The highest BCUT2D eigenvalue weighted by molar-refractivity contribution is 4.87. The van der Waals surface area contributed by atoms with Crippen molar-refractivity contribution in [3.05, 3.63) is 0 Å². The summed E-state index contributed by atoms with van der Waals surface area (Å²) in [5.41, 5.74) is 0. The fourth-order valence-electron chi connectivity index (χ4n) is 2.84. The zero-order chi connectivity index (χ0) is 8.55. The van der Waals surface area contributed by atoms with Crippen LogP contribution in [0.25, 0.3) is 0 Å². The van der Waals surface area contributed by atoms with Gasteiger partial charge in [-0.25, -0.2) is 0 Å². The molecule has 2 N–H and O–H groups in total. The smallest absolute Gasteiger partial charge is 0.0802 e. The molecule has 2 rings (SSSR count). The number of rotatable bonds is 0. The van der Waals surface area contributed by atoms with Gasteiger partial charge in [-0.3, -0.25) is 0 Å². The first-order valence-electron chi connectivity index (χ1n) is 5.13. The van der Waals surface area contributed by atoms with Crippen molar-refractivity contribution in [1.29, 1.82) is 0 Å². The highest BCUT2D eigenvalue weighted by Gasteiger charge is 2.36. The van der Waals surface area contributed by atoms with E-state index in [4.69, 9.17) is 0 Å². The van der Waals surface area contributed by atoms with E-state index in [1.807, 2.05) is 0 Å². The van der Waals surface area contributed by atoms with Gasteiger partial charge in [-0.05, 0) is 24.7 Å². The maximum absolute atomic E-state index is 9.47. The number of aliphatic hydroxyl groups excluding tert-OH is 2. The maximum atomic E-state index is 9.47. The molecule has 0 bridgehead atoms. The molecule has 0 heterocycles. The van der Waals surface area contributed by atoms with Crippen LogP contribution in [0.3, 0.4) is 0 Å². The van der Waals surface area contributed by atoms with Crippen LogP contribution in [-0.2, 0) is 0 Å². The first kappa shape index (κ1) is 8.52. The van der Waals surface area contributed by atoms with E-state index in [2.05, 4.69) is 0 Å². The lowest BCUT2D eigenvalue weighted by molar-refractivity contribution is -0.0566. The Morgan fingerprint density at radius 2 is 1.17 bits per heavy atom. The summed E-state index contributed by atoms with van der Waals surface area (Å²) in [6.45, 7) is 0. The van der Waals surface area contributed by atoms with Crippen LogP contribution in [-0.4, -0.2) is 22.4 Å². The van der Waals surface area contributed by atoms with Gasteiger partial charge in [-0.1, -0.05) is 25.7 Å². The largest absolute Gasteiger partial charge is 0.390 e. The van der Waals surface area contributed by atoms with Crippen LogP contribution in [0.4, 0.5) is 0 Å². The first-order valence-corrected chi connectivity index (χ1v) is 5.13. The number of hydrogen-bond donors (Lipinski definition) is 2. The van der Waals surface area contributed by atoms with Crippen molar-refractivity contribution < 1.29 is 10.2 Å². The van der Waals surface area contributed by atoms with Gasteiger partial charge in [0.25, 0.3) is 0 Å². The SMILES string of the molecule is O[C@@H]1CC2CCCCC2C[C@@H]1O. The molecular formula is C10H18O2. The Morgan fingerprint density at radius 1 is 0.750 bits per heavy atom. The maximum Gasteiger partial charge on any atom is 0.0802 e. The fourth-order valence-corrected chi connectivity index (χ4v) is 2.84. The van der Waals surface area contributed by atoms with Crippen molar-refractivity contribution in [3.8, 4) is 0 Å². The summed E-state index contributed by atoms with van der Waals surface area (Å²) >= 11 is 0. The molecule has 0 saturated heterocycles. The van der Waals surface area contributed by atoms with E-state index in [-0.39, 0.29) is 0 Å². The standard InChI is InChI=1S/C10H18O2/c11-9-5-7-3-1-2-4-8(7)6-10(9)12/h7-12H,1-6H2/t7?,8?,9-,10+. The summed E-state index contributed by atoms with van der Waals surface area (Å²) in [4.78, 5) is 0. The molecule has 70 valence electrons. The van der Waals surface area contributed by atoms with Gasteiger partial charge in [0.15, 0.2) is 0 Å². The molecule has 0 amide bonds. The van der Waals surface area contributed by atoms with E-state index in [9.17, 15) is 10.2 Å². The van der Waals surface area contributed by atoms with Crippen LogP contribution < -0.4 is 0 Å². The molecule has 2 fully saturated rings.